The Hall–Kier alpha value is -1.07. The lowest BCUT2D eigenvalue weighted by Gasteiger charge is -2.24. The standard InChI is InChI=1S/C14H21BrN2O2/c1-14(2,6-7-19-3)9-17-13(18)11-8-10(16)4-5-12(11)15/h4-5,8H,6-7,9,16H2,1-3H3,(H,17,18). The van der Waals surface area contributed by atoms with Crippen molar-refractivity contribution in [2.75, 3.05) is 26.0 Å². The number of amides is 1. The van der Waals surface area contributed by atoms with Gasteiger partial charge in [0.1, 0.15) is 0 Å². The predicted octanol–water partition coefficient (Wildman–Crippen LogP) is 2.82. The minimum atomic E-state index is -0.121. The van der Waals surface area contributed by atoms with E-state index in [9.17, 15) is 4.79 Å². The van der Waals surface area contributed by atoms with Gasteiger partial charge in [-0.1, -0.05) is 13.8 Å². The third kappa shape index (κ3) is 5.20. The van der Waals surface area contributed by atoms with Crippen molar-refractivity contribution >= 4 is 27.5 Å². The van der Waals surface area contributed by atoms with Gasteiger partial charge in [-0.05, 0) is 46.0 Å². The highest BCUT2D eigenvalue weighted by Crippen LogP contribution is 2.21. The molecule has 1 rings (SSSR count). The highest BCUT2D eigenvalue weighted by atomic mass is 79.9. The van der Waals surface area contributed by atoms with E-state index in [1.807, 2.05) is 0 Å². The van der Waals surface area contributed by atoms with E-state index in [1.165, 1.54) is 0 Å². The third-order valence-electron chi connectivity index (χ3n) is 2.95. The van der Waals surface area contributed by atoms with Gasteiger partial charge in [-0.25, -0.2) is 0 Å². The molecule has 0 spiro atoms. The molecule has 0 saturated carbocycles. The Balaban J connectivity index is 2.62. The van der Waals surface area contributed by atoms with Gasteiger partial charge in [0.25, 0.3) is 5.91 Å². The molecule has 0 heterocycles. The second kappa shape index (κ2) is 6.91. The van der Waals surface area contributed by atoms with Gasteiger partial charge >= 0.3 is 0 Å². The van der Waals surface area contributed by atoms with Gasteiger partial charge in [0.15, 0.2) is 0 Å². The van der Waals surface area contributed by atoms with Crippen molar-refractivity contribution in [1.82, 2.24) is 5.32 Å². The molecule has 1 aromatic rings. The highest BCUT2D eigenvalue weighted by Gasteiger charge is 2.19. The van der Waals surface area contributed by atoms with Crippen LogP contribution in [0.1, 0.15) is 30.6 Å². The zero-order valence-corrected chi connectivity index (χ0v) is 13.2. The summed E-state index contributed by atoms with van der Waals surface area (Å²) >= 11 is 3.36. The molecule has 0 atom stereocenters. The number of carbonyl (C=O) groups is 1. The highest BCUT2D eigenvalue weighted by molar-refractivity contribution is 9.10. The number of anilines is 1. The van der Waals surface area contributed by atoms with Gasteiger partial charge in [-0.2, -0.15) is 0 Å². The number of nitrogens with one attached hydrogen (secondary N) is 1. The Morgan fingerprint density at radius 1 is 1.47 bits per heavy atom. The monoisotopic (exact) mass is 328 g/mol. The molecule has 1 amide bonds. The van der Waals surface area contributed by atoms with E-state index in [2.05, 4.69) is 35.1 Å². The number of nitrogen functional groups attached to an aromatic ring is 1. The van der Waals surface area contributed by atoms with Crippen LogP contribution >= 0.6 is 15.9 Å². The Morgan fingerprint density at radius 2 is 2.16 bits per heavy atom. The Kier molecular flexibility index (Phi) is 5.82. The summed E-state index contributed by atoms with van der Waals surface area (Å²) in [7, 11) is 1.68. The first-order valence-electron chi connectivity index (χ1n) is 6.18. The van der Waals surface area contributed by atoms with E-state index in [4.69, 9.17) is 10.5 Å². The van der Waals surface area contributed by atoms with Crippen LogP contribution in [0.25, 0.3) is 0 Å². The summed E-state index contributed by atoms with van der Waals surface area (Å²) < 4.78 is 5.81. The van der Waals surface area contributed by atoms with Crippen LogP contribution in [0.15, 0.2) is 22.7 Å². The second-order valence-electron chi connectivity index (χ2n) is 5.33. The summed E-state index contributed by atoms with van der Waals surface area (Å²) in [6.45, 7) is 5.47. The summed E-state index contributed by atoms with van der Waals surface area (Å²) in [5.41, 5.74) is 6.83. The van der Waals surface area contributed by atoms with Crippen LogP contribution in [0, 0.1) is 5.41 Å². The minimum Gasteiger partial charge on any atom is -0.399 e. The molecule has 0 unspecified atom stereocenters. The molecule has 5 heteroatoms. The molecule has 0 radical (unpaired) electrons. The number of hydrogen-bond donors (Lipinski definition) is 2. The van der Waals surface area contributed by atoms with Crippen molar-refractivity contribution in [1.29, 1.82) is 0 Å². The molecule has 0 aromatic heterocycles. The van der Waals surface area contributed by atoms with Gasteiger partial charge in [0.05, 0.1) is 5.56 Å². The first kappa shape index (κ1) is 16.0. The minimum absolute atomic E-state index is 0.00152. The fourth-order valence-corrected chi connectivity index (χ4v) is 2.03. The van der Waals surface area contributed by atoms with Crippen molar-refractivity contribution in [2.24, 2.45) is 5.41 Å². The maximum absolute atomic E-state index is 12.1. The first-order chi connectivity index (χ1) is 8.85. The number of halogens is 1. The maximum Gasteiger partial charge on any atom is 0.252 e. The number of carbonyl (C=O) groups excluding carboxylic acids is 1. The van der Waals surface area contributed by atoms with E-state index < -0.39 is 0 Å². The molecule has 106 valence electrons. The lowest BCUT2D eigenvalue weighted by molar-refractivity contribution is 0.0920. The average molecular weight is 329 g/mol. The van der Waals surface area contributed by atoms with Crippen LogP contribution in [0.5, 0.6) is 0 Å². The van der Waals surface area contributed by atoms with Gasteiger partial charge in [-0.15, -0.1) is 0 Å². The fraction of sp³-hybridized carbons (Fsp3) is 0.500. The number of benzene rings is 1. The molecular weight excluding hydrogens is 308 g/mol. The summed E-state index contributed by atoms with van der Waals surface area (Å²) in [4.78, 5) is 12.1. The molecule has 19 heavy (non-hydrogen) atoms. The van der Waals surface area contributed by atoms with E-state index in [0.29, 0.717) is 24.4 Å². The van der Waals surface area contributed by atoms with Gasteiger partial charge < -0.3 is 15.8 Å². The van der Waals surface area contributed by atoms with Crippen molar-refractivity contribution in [3.05, 3.63) is 28.2 Å². The van der Waals surface area contributed by atoms with Crippen LogP contribution in [0.2, 0.25) is 0 Å². The third-order valence-corrected chi connectivity index (χ3v) is 3.64. The van der Waals surface area contributed by atoms with Gasteiger partial charge in [0, 0.05) is 30.4 Å². The summed E-state index contributed by atoms with van der Waals surface area (Å²) in [6.07, 6.45) is 0.891. The Bertz CT molecular complexity index is 447. The summed E-state index contributed by atoms with van der Waals surface area (Å²) in [5, 5.41) is 2.94. The number of methoxy groups -OCH3 is 1. The van der Waals surface area contributed by atoms with E-state index in [-0.39, 0.29) is 11.3 Å². The largest absolute Gasteiger partial charge is 0.399 e. The average Bonchev–Trinajstić information content (AvgIpc) is 2.36. The number of hydrogen-bond acceptors (Lipinski definition) is 3. The summed E-state index contributed by atoms with van der Waals surface area (Å²) in [6, 6.07) is 5.20. The van der Waals surface area contributed by atoms with Crippen LogP contribution < -0.4 is 11.1 Å². The van der Waals surface area contributed by atoms with Crippen molar-refractivity contribution in [3.8, 4) is 0 Å². The molecular formula is C14H21BrN2O2. The smallest absolute Gasteiger partial charge is 0.252 e. The quantitative estimate of drug-likeness (QED) is 0.789. The van der Waals surface area contributed by atoms with E-state index >= 15 is 0 Å². The molecule has 4 nitrogen and oxygen atoms in total. The SMILES string of the molecule is COCCC(C)(C)CNC(=O)c1cc(N)ccc1Br. The van der Waals surface area contributed by atoms with Crippen molar-refractivity contribution in [3.63, 3.8) is 0 Å². The lowest BCUT2D eigenvalue weighted by atomic mass is 9.89. The molecule has 0 saturated heterocycles. The number of nitrogens with two attached hydrogens (primary N) is 1. The van der Waals surface area contributed by atoms with Crippen LogP contribution in [0.4, 0.5) is 5.69 Å². The molecule has 0 aliphatic carbocycles. The molecule has 0 aliphatic heterocycles. The first-order valence-corrected chi connectivity index (χ1v) is 6.97. The molecule has 1 aromatic carbocycles. The molecule has 0 aliphatic rings. The Labute approximate surface area is 122 Å². The van der Waals surface area contributed by atoms with Crippen LogP contribution in [-0.2, 0) is 4.74 Å². The van der Waals surface area contributed by atoms with Crippen molar-refractivity contribution in [2.45, 2.75) is 20.3 Å². The zero-order chi connectivity index (χ0) is 14.5. The summed E-state index contributed by atoms with van der Waals surface area (Å²) in [5.74, 6) is -0.121. The normalized spacial score (nSPS) is 11.4. The number of rotatable bonds is 6. The van der Waals surface area contributed by atoms with Gasteiger partial charge in [-0.3, -0.25) is 4.79 Å². The van der Waals surface area contributed by atoms with E-state index in [0.717, 1.165) is 10.9 Å². The molecule has 0 fully saturated rings. The van der Waals surface area contributed by atoms with Crippen molar-refractivity contribution < 1.29 is 9.53 Å². The molecule has 0 bridgehead atoms. The zero-order valence-electron chi connectivity index (χ0n) is 11.6. The molecule has 3 N–H and O–H groups in total. The number of ether oxygens (including phenoxy) is 1. The second-order valence-corrected chi connectivity index (χ2v) is 6.18. The fourth-order valence-electron chi connectivity index (χ4n) is 1.60. The Morgan fingerprint density at radius 3 is 2.79 bits per heavy atom. The van der Waals surface area contributed by atoms with Crippen LogP contribution in [0.3, 0.4) is 0 Å². The van der Waals surface area contributed by atoms with E-state index in [1.54, 1.807) is 25.3 Å². The van der Waals surface area contributed by atoms with Crippen LogP contribution in [-0.4, -0.2) is 26.2 Å². The van der Waals surface area contributed by atoms with Gasteiger partial charge in [0.2, 0.25) is 0 Å². The predicted molar refractivity (Wildman–Crippen MR) is 81.2 cm³/mol. The topological polar surface area (TPSA) is 64.3 Å². The maximum atomic E-state index is 12.1. The lowest BCUT2D eigenvalue weighted by Crippen LogP contribution is -2.34.